The lowest BCUT2D eigenvalue weighted by atomic mass is 10.0. The third-order valence-electron chi connectivity index (χ3n) is 5.98. The number of nitrogens with two attached hydrogens (primary N) is 1. The van der Waals surface area contributed by atoms with Crippen LogP contribution in [0, 0.1) is 0 Å². The van der Waals surface area contributed by atoms with Gasteiger partial charge in [-0.15, -0.1) is 0 Å². The molecule has 2 heterocycles. The number of carbonyl (C=O) groups is 4. The number of aryl methyl sites for hydroxylation is 2. The number of hydrogen-bond donors (Lipinski definition) is 6. The van der Waals surface area contributed by atoms with Gasteiger partial charge < -0.3 is 35.9 Å². The van der Waals surface area contributed by atoms with Crippen LogP contribution in [0.4, 0.5) is 5.95 Å². The highest BCUT2D eigenvalue weighted by Gasteiger charge is 2.23. The highest BCUT2D eigenvalue weighted by Crippen LogP contribution is 2.16. The Kier molecular flexibility index (Phi) is 10.4. The zero-order valence-electron chi connectivity index (χ0n) is 22.1. The molecule has 0 aliphatic carbocycles. The molecule has 0 fully saturated rings. The number of carboxylic acids is 1. The largest absolute Gasteiger partial charge is 0.480 e. The van der Waals surface area contributed by atoms with E-state index in [1.807, 2.05) is 0 Å². The number of rotatable bonds is 14. The molecule has 3 rings (SSSR count). The maximum Gasteiger partial charge on any atom is 0.326 e. The van der Waals surface area contributed by atoms with Gasteiger partial charge in [-0.05, 0) is 49.4 Å². The maximum absolute atomic E-state index is 12.7. The number of anilines is 1. The SMILES string of the molecule is COCC(=O)NCC(C)OC(=O)CC[C@@H](NC(=O)c1ccc(CCc2c[nH]c3nc(N)[nH]c(=O)c23)cc1)C(=O)O. The fraction of sp³-hybridized carbons (Fsp3) is 0.385. The smallest absolute Gasteiger partial charge is 0.326 e. The summed E-state index contributed by atoms with van der Waals surface area (Å²) in [6, 6.07) is 5.32. The molecule has 0 spiro atoms. The number of aromatic amines is 2. The number of nitrogens with one attached hydrogen (secondary N) is 4. The normalized spacial score (nSPS) is 12.4. The molecule has 0 aliphatic heterocycles. The summed E-state index contributed by atoms with van der Waals surface area (Å²) in [6.45, 7) is 1.54. The van der Waals surface area contributed by atoms with Crippen LogP contribution in [0.15, 0.2) is 35.3 Å². The van der Waals surface area contributed by atoms with E-state index in [0.29, 0.717) is 23.9 Å². The van der Waals surface area contributed by atoms with E-state index in [-0.39, 0.29) is 49.0 Å². The molecular formula is C26H32N6O8. The number of aromatic nitrogens is 3. The van der Waals surface area contributed by atoms with Crippen LogP contribution in [-0.2, 0) is 36.7 Å². The van der Waals surface area contributed by atoms with Gasteiger partial charge in [0, 0.05) is 25.3 Å². The number of carboxylic acid groups (broad SMARTS) is 1. The molecule has 0 bridgehead atoms. The Bertz CT molecular complexity index is 1410. The van der Waals surface area contributed by atoms with E-state index in [9.17, 15) is 29.1 Å². The molecule has 1 aromatic carbocycles. The molecule has 0 radical (unpaired) electrons. The van der Waals surface area contributed by atoms with Crippen molar-refractivity contribution in [3.8, 4) is 0 Å². The highest BCUT2D eigenvalue weighted by molar-refractivity contribution is 5.96. The molecule has 0 saturated heterocycles. The van der Waals surface area contributed by atoms with Gasteiger partial charge in [-0.3, -0.25) is 24.2 Å². The number of ether oxygens (including phenoxy) is 2. The Morgan fingerprint density at radius 3 is 2.55 bits per heavy atom. The molecule has 40 heavy (non-hydrogen) atoms. The maximum atomic E-state index is 12.7. The predicted octanol–water partition coefficient (Wildman–Crippen LogP) is 0.276. The zero-order chi connectivity index (χ0) is 29.2. The molecule has 1 unspecified atom stereocenters. The van der Waals surface area contributed by atoms with E-state index in [1.54, 1.807) is 37.4 Å². The van der Waals surface area contributed by atoms with E-state index >= 15 is 0 Å². The minimum atomic E-state index is -1.31. The van der Waals surface area contributed by atoms with Gasteiger partial charge in [0.1, 0.15) is 24.4 Å². The standard InChI is InChI=1S/C26H32N6O8/c1-14(11-28-19(33)13-39-2)40-20(34)10-9-18(25(37)38)30-23(35)16-6-3-15(4-7-16)5-8-17-12-29-22-21(17)24(36)32-26(27)31-22/h3-4,6-7,12,14,18H,5,8-11,13H2,1-2H3,(H,28,33)(H,30,35)(H,37,38)(H4,27,29,31,32,36)/t14?,18-/m1/s1. The van der Waals surface area contributed by atoms with Gasteiger partial charge in [0.2, 0.25) is 11.9 Å². The first kappa shape index (κ1) is 29.8. The van der Waals surface area contributed by atoms with Crippen molar-refractivity contribution in [2.45, 2.75) is 44.8 Å². The van der Waals surface area contributed by atoms with Crippen molar-refractivity contribution in [2.75, 3.05) is 26.0 Å². The number of aliphatic carboxylic acids is 1. The number of methoxy groups -OCH3 is 1. The van der Waals surface area contributed by atoms with Crippen LogP contribution in [-0.4, -0.2) is 76.2 Å². The monoisotopic (exact) mass is 556 g/mol. The zero-order valence-corrected chi connectivity index (χ0v) is 22.1. The minimum Gasteiger partial charge on any atom is -0.480 e. The van der Waals surface area contributed by atoms with Crippen LogP contribution in [0.1, 0.15) is 41.3 Å². The van der Waals surface area contributed by atoms with Crippen molar-refractivity contribution in [2.24, 2.45) is 0 Å². The van der Waals surface area contributed by atoms with Crippen LogP contribution in [0.25, 0.3) is 11.0 Å². The van der Waals surface area contributed by atoms with Crippen molar-refractivity contribution < 1.29 is 33.8 Å². The second-order valence-electron chi connectivity index (χ2n) is 9.13. The predicted molar refractivity (Wildman–Crippen MR) is 144 cm³/mol. The fourth-order valence-electron chi connectivity index (χ4n) is 3.95. The number of hydrogen-bond acceptors (Lipinski definition) is 9. The van der Waals surface area contributed by atoms with Crippen molar-refractivity contribution >= 4 is 40.7 Å². The van der Waals surface area contributed by atoms with Gasteiger partial charge in [0.05, 0.1) is 11.9 Å². The molecule has 2 amide bonds. The van der Waals surface area contributed by atoms with Crippen LogP contribution in [0.3, 0.4) is 0 Å². The summed E-state index contributed by atoms with van der Waals surface area (Å²) in [5, 5.41) is 14.9. The molecule has 0 aliphatic rings. The Morgan fingerprint density at radius 1 is 1.15 bits per heavy atom. The lowest BCUT2D eigenvalue weighted by Crippen LogP contribution is -2.41. The Morgan fingerprint density at radius 2 is 1.88 bits per heavy atom. The molecule has 7 N–H and O–H groups in total. The fourth-order valence-corrected chi connectivity index (χ4v) is 3.95. The average Bonchev–Trinajstić information content (AvgIpc) is 3.31. The Labute approximate surface area is 228 Å². The van der Waals surface area contributed by atoms with Gasteiger partial charge in [-0.1, -0.05) is 12.1 Å². The first-order valence-electron chi connectivity index (χ1n) is 12.5. The number of benzene rings is 1. The molecule has 14 nitrogen and oxygen atoms in total. The number of nitrogen functional groups attached to an aromatic ring is 1. The van der Waals surface area contributed by atoms with Crippen LogP contribution in [0.5, 0.6) is 0 Å². The van der Waals surface area contributed by atoms with Gasteiger partial charge in [0.15, 0.2) is 0 Å². The van der Waals surface area contributed by atoms with Crippen molar-refractivity contribution in [3.05, 3.63) is 57.5 Å². The summed E-state index contributed by atoms with van der Waals surface area (Å²) < 4.78 is 9.86. The van der Waals surface area contributed by atoms with Crippen molar-refractivity contribution in [3.63, 3.8) is 0 Å². The van der Waals surface area contributed by atoms with E-state index in [0.717, 1.165) is 11.1 Å². The Hall–Kier alpha value is -4.72. The van der Waals surface area contributed by atoms with E-state index in [2.05, 4.69) is 25.6 Å². The summed E-state index contributed by atoms with van der Waals surface area (Å²) >= 11 is 0. The third kappa shape index (κ3) is 8.39. The van der Waals surface area contributed by atoms with E-state index in [1.165, 1.54) is 7.11 Å². The number of fused-ring (bicyclic) bond motifs is 1. The summed E-state index contributed by atoms with van der Waals surface area (Å²) in [4.78, 5) is 69.5. The van der Waals surface area contributed by atoms with Crippen LogP contribution in [0.2, 0.25) is 0 Å². The van der Waals surface area contributed by atoms with Gasteiger partial charge >= 0.3 is 11.9 Å². The summed E-state index contributed by atoms with van der Waals surface area (Å²) in [7, 11) is 1.38. The van der Waals surface area contributed by atoms with Crippen LogP contribution >= 0.6 is 0 Å². The third-order valence-corrected chi connectivity index (χ3v) is 5.98. The van der Waals surface area contributed by atoms with E-state index in [4.69, 9.17) is 15.2 Å². The van der Waals surface area contributed by atoms with Gasteiger partial charge in [0.25, 0.3) is 11.5 Å². The second-order valence-corrected chi connectivity index (χ2v) is 9.13. The minimum absolute atomic E-state index is 0.0279. The first-order chi connectivity index (χ1) is 19.1. The molecular weight excluding hydrogens is 524 g/mol. The second kappa shape index (κ2) is 13.9. The topological polar surface area (TPSA) is 219 Å². The van der Waals surface area contributed by atoms with Crippen LogP contribution < -0.4 is 21.9 Å². The highest BCUT2D eigenvalue weighted by atomic mass is 16.5. The molecule has 214 valence electrons. The van der Waals surface area contributed by atoms with E-state index < -0.39 is 30.0 Å². The summed E-state index contributed by atoms with van der Waals surface area (Å²) in [6.07, 6.45) is 1.77. The summed E-state index contributed by atoms with van der Waals surface area (Å²) in [5.74, 6) is -2.88. The number of H-pyrrole nitrogens is 2. The quantitative estimate of drug-likeness (QED) is 0.149. The van der Waals surface area contributed by atoms with Gasteiger partial charge in [-0.25, -0.2) is 4.79 Å². The lowest BCUT2D eigenvalue weighted by molar-refractivity contribution is -0.149. The molecule has 2 atom stereocenters. The number of carbonyl (C=O) groups excluding carboxylic acids is 3. The van der Waals surface area contributed by atoms with Gasteiger partial charge in [-0.2, -0.15) is 4.98 Å². The number of nitrogens with zero attached hydrogens (tertiary/aromatic N) is 1. The van der Waals surface area contributed by atoms with Crippen molar-refractivity contribution in [1.82, 2.24) is 25.6 Å². The Balaban J connectivity index is 1.49. The number of esters is 1. The first-order valence-corrected chi connectivity index (χ1v) is 12.5. The van der Waals surface area contributed by atoms with Crippen molar-refractivity contribution in [1.29, 1.82) is 0 Å². The summed E-state index contributed by atoms with van der Waals surface area (Å²) in [5.41, 5.74) is 7.58. The molecule has 0 saturated carbocycles. The number of amides is 2. The average molecular weight is 557 g/mol. The molecule has 3 aromatic rings. The molecule has 2 aromatic heterocycles. The molecule has 14 heteroatoms. The lowest BCUT2D eigenvalue weighted by Gasteiger charge is -2.16.